The Morgan fingerprint density at radius 3 is 2.20 bits per heavy atom. The van der Waals surface area contributed by atoms with Gasteiger partial charge >= 0.3 is 0 Å². The predicted molar refractivity (Wildman–Crippen MR) is 73.1 cm³/mol. The average molecular weight is 309 g/mol. The summed E-state index contributed by atoms with van der Waals surface area (Å²) < 4.78 is 0. The standard InChI is InChI=1S/C14H6Cl2O4/c15-5-3-6-10(9(18)4-5)14(20)11-7(16)1-2-8(17)12(11)13(6)19/h1-4,17-18H. The number of carbonyl (C=O) groups excluding carboxylic acids is 2. The van der Waals surface area contributed by atoms with Crippen molar-refractivity contribution in [3.05, 3.63) is 56.6 Å². The SMILES string of the molecule is O=C1c2cc(Cl)cc(O)c2C(=O)c2c(Cl)ccc(O)c21. The van der Waals surface area contributed by atoms with E-state index in [1.165, 1.54) is 24.3 Å². The van der Waals surface area contributed by atoms with Crippen LogP contribution in [0.5, 0.6) is 11.5 Å². The minimum atomic E-state index is -0.621. The molecule has 0 atom stereocenters. The lowest BCUT2D eigenvalue weighted by Gasteiger charge is -2.20. The van der Waals surface area contributed by atoms with Gasteiger partial charge in [0.15, 0.2) is 11.6 Å². The van der Waals surface area contributed by atoms with Crippen molar-refractivity contribution >= 4 is 34.8 Å². The van der Waals surface area contributed by atoms with Crippen LogP contribution in [0.1, 0.15) is 31.8 Å². The minimum Gasteiger partial charge on any atom is -0.507 e. The molecule has 0 amide bonds. The van der Waals surface area contributed by atoms with Crippen LogP contribution in [0.15, 0.2) is 24.3 Å². The summed E-state index contributed by atoms with van der Waals surface area (Å²) in [6, 6.07) is 5.01. The molecule has 0 heterocycles. The second-order valence-electron chi connectivity index (χ2n) is 4.32. The van der Waals surface area contributed by atoms with Gasteiger partial charge in [-0.2, -0.15) is 0 Å². The highest BCUT2D eigenvalue weighted by Gasteiger charge is 2.36. The molecule has 0 radical (unpaired) electrons. The van der Waals surface area contributed by atoms with Crippen molar-refractivity contribution in [3.63, 3.8) is 0 Å². The highest BCUT2D eigenvalue weighted by Crippen LogP contribution is 2.40. The summed E-state index contributed by atoms with van der Waals surface area (Å²) in [6.07, 6.45) is 0. The first-order chi connectivity index (χ1) is 9.41. The monoisotopic (exact) mass is 308 g/mol. The molecule has 1 aliphatic carbocycles. The summed E-state index contributed by atoms with van der Waals surface area (Å²) >= 11 is 11.7. The smallest absolute Gasteiger partial charge is 0.199 e. The van der Waals surface area contributed by atoms with Gasteiger partial charge in [0.05, 0.1) is 21.7 Å². The first-order valence-corrected chi connectivity index (χ1v) is 6.30. The average Bonchev–Trinajstić information content (AvgIpc) is 2.37. The molecule has 2 N–H and O–H groups in total. The molecule has 0 aliphatic heterocycles. The van der Waals surface area contributed by atoms with Crippen LogP contribution in [0.2, 0.25) is 10.0 Å². The molecule has 0 unspecified atom stereocenters. The number of fused-ring (bicyclic) bond motifs is 2. The molecule has 2 aromatic rings. The van der Waals surface area contributed by atoms with Crippen molar-refractivity contribution in [1.82, 2.24) is 0 Å². The fraction of sp³-hybridized carbons (Fsp3) is 0. The number of hydrogen-bond acceptors (Lipinski definition) is 4. The predicted octanol–water partition coefficient (Wildman–Crippen LogP) is 3.18. The van der Waals surface area contributed by atoms with E-state index in [4.69, 9.17) is 23.2 Å². The molecule has 0 fully saturated rings. The summed E-state index contributed by atoms with van der Waals surface area (Å²) in [4.78, 5) is 24.8. The molecule has 20 heavy (non-hydrogen) atoms. The molecule has 6 heteroatoms. The largest absolute Gasteiger partial charge is 0.507 e. The van der Waals surface area contributed by atoms with Crippen LogP contribution in [-0.4, -0.2) is 21.8 Å². The van der Waals surface area contributed by atoms with Crippen molar-refractivity contribution in [2.75, 3.05) is 0 Å². The summed E-state index contributed by atoms with van der Waals surface area (Å²) in [5.74, 6) is -1.96. The number of rotatable bonds is 0. The van der Waals surface area contributed by atoms with Crippen LogP contribution in [0, 0.1) is 0 Å². The Hall–Kier alpha value is -2.04. The number of carbonyl (C=O) groups is 2. The normalized spacial score (nSPS) is 13.1. The molecule has 1 aliphatic rings. The molecule has 4 nitrogen and oxygen atoms in total. The van der Waals surface area contributed by atoms with E-state index in [9.17, 15) is 19.8 Å². The lowest BCUT2D eigenvalue weighted by Crippen LogP contribution is -2.21. The summed E-state index contributed by atoms with van der Waals surface area (Å²) in [5.41, 5.74) is -0.483. The third-order valence-electron chi connectivity index (χ3n) is 3.14. The maximum absolute atomic E-state index is 12.4. The molecule has 0 bridgehead atoms. The molecular weight excluding hydrogens is 303 g/mol. The van der Waals surface area contributed by atoms with Crippen molar-refractivity contribution in [2.24, 2.45) is 0 Å². The van der Waals surface area contributed by atoms with E-state index in [1.54, 1.807) is 0 Å². The summed E-state index contributed by atoms with van der Waals surface area (Å²) in [5, 5.41) is 19.8. The molecular formula is C14H6Cl2O4. The Morgan fingerprint density at radius 2 is 1.50 bits per heavy atom. The number of halogens is 2. The zero-order chi connectivity index (χ0) is 14.6. The zero-order valence-electron chi connectivity index (χ0n) is 9.78. The van der Waals surface area contributed by atoms with E-state index in [1.807, 2.05) is 0 Å². The maximum atomic E-state index is 12.4. The van der Waals surface area contributed by atoms with E-state index in [-0.39, 0.29) is 38.0 Å². The van der Waals surface area contributed by atoms with Crippen LogP contribution in [0.3, 0.4) is 0 Å². The third kappa shape index (κ3) is 1.62. The molecule has 100 valence electrons. The van der Waals surface area contributed by atoms with Gasteiger partial charge in [0, 0.05) is 10.6 Å². The van der Waals surface area contributed by atoms with Gasteiger partial charge in [-0.1, -0.05) is 23.2 Å². The second kappa shape index (κ2) is 4.23. The van der Waals surface area contributed by atoms with E-state index in [2.05, 4.69) is 0 Å². The number of aromatic hydroxyl groups is 2. The summed E-state index contributed by atoms with van der Waals surface area (Å²) in [6.45, 7) is 0. The van der Waals surface area contributed by atoms with Gasteiger partial charge in [0.2, 0.25) is 0 Å². The topological polar surface area (TPSA) is 74.6 Å². The van der Waals surface area contributed by atoms with Crippen LogP contribution in [-0.2, 0) is 0 Å². The quantitative estimate of drug-likeness (QED) is 0.669. The Morgan fingerprint density at radius 1 is 0.800 bits per heavy atom. The van der Waals surface area contributed by atoms with Gasteiger partial charge in [0.25, 0.3) is 0 Å². The zero-order valence-corrected chi connectivity index (χ0v) is 11.3. The number of ketones is 2. The van der Waals surface area contributed by atoms with E-state index >= 15 is 0 Å². The van der Waals surface area contributed by atoms with Crippen LogP contribution >= 0.6 is 23.2 Å². The lowest BCUT2D eigenvalue weighted by atomic mass is 9.83. The van der Waals surface area contributed by atoms with Crippen LogP contribution in [0.25, 0.3) is 0 Å². The highest BCUT2D eigenvalue weighted by molar-refractivity contribution is 6.40. The minimum absolute atomic E-state index is 0.0381. The fourth-order valence-corrected chi connectivity index (χ4v) is 2.74. The van der Waals surface area contributed by atoms with Crippen LogP contribution in [0.4, 0.5) is 0 Å². The Labute approximate surface area is 123 Å². The molecule has 0 saturated heterocycles. The Balaban J connectivity index is 2.43. The molecule has 0 aromatic heterocycles. The van der Waals surface area contributed by atoms with Crippen molar-refractivity contribution < 1.29 is 19.8 Å². The lowest BCUT2D eigenvalue weighted by molar-refractivity contribution is 0.0974. The van der Waals surface area contributed by atoms with Gasteiger partial charge in [-0.25, -0.2) is 0 Å². The number of phenols is 2. The van der Waals surface area contributed by atoms with Gasteiger partial charge in [-0.3, -0.25) is 9.59 Å². The van der Waals surface area contributed by atoms with Gasteiger partial charge in [0.1, 0.15) is 11.5 Å². The molecule has 2 aromatic carbocycles. The fourth-order valence-electron chi connectivity index (χ4n) is 2.29. The molecule has 3 rings (SSSR count). The van der Waals surface area contributed by atoms with Gasteiger partial charge in [-0.05, 0) is 24.3 Å². The van der Waals surface area contributed by atoms with Crippen LogP contribution < -0.4 is 0 Å². The Kier molecular flexibility index (Phi) is 2.74. The molecule has 0 saturated carbocycles. The number of benzene rings is 2. The van der Waals surface area contributed by atoms with Gasteiger partial charge in [-0.15, -0.1) is 0 Å². The second-order valence-corrected chi connectivity index (χ2v) is 5.17. The first kappa shape index (κ1) is 13.0. The third-order valence-corrected chi connectivity index (χ3v) is 3.67. The van der Waals surface area contributed by atoms with Crippen molar-refractivity contribution in [1.29, 1.82) is 0 Å². The highest BCUT2D eigenvalue weighted by atomic mass is 35.5. The number of hydrogen-bond donors (Lipinski definition) is 2. The molecule has 0 spiro atoms. The van der Waals surface area contributed by atoms with E-state index in [0.717, 1.165) is 0 Å². The maximum Gasteiger partial charge on any atom is 0.199 e. The summed E-state index contributed by atoms with van der Waals surface area (Å²) in [7, 11) is 0. The Bertz CT molecular complexity index is 796. The first-order valence-electron chi connectivity index (χ1n) is 5.55. The van der Waals surface area contributed by atoms with E-state index in [0.29, 0.717) is 0 Å². The van der Waals surface area contributed by atoms with E-state index < -0.39 is 17.3 Å². The van der Waals surface area contributed by atoms with Crippen molar-refractivity contribution in [2.45, 2.75) is 0 Å². The van der Waals surface area contributed by atoms with Gasteiger partial charge < -0.3 is 10.2 Å². The number of phenolic OH excluding ortho intramolecular Hbond substituents is 2. The van der Waals surface area contributed by atoms with Crippen molar-refractivity contribution in [3.8, 4) is 11.5 Å².